The Labute approximate surface area is 172 Å². The lowest BCUT2D eigenvalue weighted by Gasteiger charge is -2.44. The minimum absolute atomic E-state index is 0.236. The second kappa shape index (κ2) is 8.49. The van der Waals surface area contributed by atoms with E-state index in [-0.39, 0.29) is 5.41 Å². The first-order valence-corrected chi connectivity index (χ1v) is 11.9. The van der Waals surface area contributed by atoms with Crippen LogP contribution in [0.2, 0.25) is 0 Å². The fraction of sp³-hybridized carbons (Fsp3) is 0.833. The minimum Gasteiger partial charge on any atom is -0.349 e. The van der Waals surface area contributed by atoms with Crippen LogP contribution in [0.25, 0.3) is 0 Å². The standard InChI is InChI=1S/C24H42N4/c1-19(2)26-12-4-7-21(8-5-13-26)17-20(3)27-15-10-24(11-16-27)22(25)18-28-14-6-9-23(24)28/h6,9,14,19-22H,4-5,7-8,10-13,15-18,25H2,1-3H3/t20-,22?/m0/s1. The first-order chi connectivity index (χ1) is 13.5. The van der Waals surface area contributed by atoms with Gasteiger partial charge in [0.25, 0.3) is 0 Å². The normalized spacial score (nSPS) is 28.4. The molecule has 1 unspecified atom stereocenters. The first kappa shape index (κ1) is 20.4. The van der Waals surface area contributed by atoms with Crippen molar-refractivity contribution >= 4 is 0 Å². The average molecular weight is 387 g/mol. The highest BCUT2D eigenvalue weighted by Crippen LogP contribution is 2.43. The molecule has 28 heavy (non-hydrogen) atoms. The molecule has 1 aromatic rings. The van der Waals surface area contributed by atoms with Gasteiger partial charge in [-0.25, -0.2) is 0 Å². The monoisotopic (exact) mass is 386 g/mol. The molecule has 4 heteroatoms. The highest BCUT2D eigenvalue weighted by Gasteiger charge is 2.47. The van der Waals surface area contributed by atoms with Crippen molar-refractivity contribution in [2.24, 2.45) is 11.7 Å². The van der Waals surface area contributed by atoms with Crippen LogP contribution in [0, 0.1) is 5.92 Å². The number of hydrogen-bond acceptors (Lipinski definition) is 3. The summed E-state index contributed by atoms with van der Waals surface area (Å²) in [4.78, 5) is 5.44. The van der Waals surface area contributed by atoms with Gasteiger partial charge in [0.05, 0.1) is 0 Å². The van der Waals surface area contributed by atoms with Gasteiger partial charge in [-0.3, -0.25) is 0 Å². The zero-order valence-corrected chi connectivity index (χ0v) is 18.4. The molecule has 3 aliphatic heterocycles. The smallest absolute Gasteiger partial charge is 0.0383 e. The third-order valence-corrected chi connectivity index (χ3v) is 8.28. The number of hydrogen-bond donors (Lipinski definition) is 1. The third kappa shape index (κ3) is 3.93. The van der Waals surface area contributed by atoms with Crippen LogP contribution >= 0.6 is 0 Å². The Kier molecular flexibility index (Phi) is 6.20. The Morgan fingerprint density at radius 1 is 1.04 bits per heavy atom. The molecule has 2 N–H and O–H groups in total. The molecule has 1 aromatic heterocycles. The van der Waals surface area contributed by atoms with Gasteiger partial charge in [0.1, 0.15) is 0 Å². The SMILES string of the molecule is CC(C)N1CCCC(C[C@H](C)N2CCC3(CC2)c2cccn2CC3N)CCC1. The predicted molar refractivity (Wildman–Crippen MR) is 118 cm³/mol. The highest BCUT2D eigenvalue weighted by molar-refractivity contribution is 5.28. The summed E-state index contributed by atoms with van der Waals surface area (Å²) in [6, 6.07) is 6.25. The van der Waals surface area contributed by atoms with Gasteiger partial charge in [-0.05, 0) is 110 Å². The number of nitrogens with two attached hydrogens (primary N) is 1. The zero-order chi connectivity index (χ0) is 19.7. The van der Waals surface area contributed by atoms with Crippen molar-refractivity contribution < 1.29 is 0 Å². The van der Waals surface area contributed by atoms with Gasteiger partial charge in [0.2, 0.25) is 0 Å². The topological polar surface area (TPSA) is 37.4 Å². The molecule has 158 valence electrons. The molecule has 0 aliphatic carbocycles. The van der Waals surface area contributed by atoms with Gasteiger partial charge in [-0.2, -0.15) is 0 Å². The van der Waals surface area contributed by atoms with Gasteiger partial charge in [-0.1, -0.05) is 0 Å². The van der Waals surface area contributed by atoms with Crippen molar-refractivity contribution in [3.63, 3.8) is 0 Å². The average Bonchev–Trinajstić information content (AvgIpc) is 3.20. The molecule has 0 amide bonds. The molecule has 4 rings (SSSR count). The van der Waals surface area contributed by atoms with Gasteiger partial charge in [0.15, 0.2) is 0 Å². The molecule has 0 saturated carbocycles. The summed E-state index contributed by atoms with van der Waals surface area (Å²) in [5.41, 5.74) is 8.37. The van der Waals surface area contributed by atoms with E-state index in [9.17, 15) is 0 Å². The molecular weight excluding hydrogens is 344 g/mol. The molecule has 0 bridgehead atoms. The molecule has 2 saturated heterocycles. The van der Waals surface area contributed by atoms with Gasteiger partial charge in [0, 0.05) is 42.0 Å². The quantitative estimate of drug-likeness (QED) is 0.854. The number of aromatic nitrogens is 1. The molecule has 1 spiro atoms. The fourth-order valence-corrected chi connectivity index (χ4v) is 6.40. The van der Waals surface area contributed by atoms with Crippen LogP contribution in [0.4, 0.5) is 0 Å². The number of rotatable bonds is 4. The van der Waals surface area contributed by atoms with Crippen LogP contribution in [0.1, 0.15) is 71.4 Å². The summed E-state index contributed by atoms with van der Waals surface area (Å²) < 4.78 is 2.40. The van der Waals surface area contributed by atoms with E-state index in [1.807, 2.05) is 0 Å². The Bertz CT molecular complexity index is 618. The number of piperidine rings is 1. The largest absolute Gasteiger partial charge is 0.349 e. The summed E-state index contributed by atoms with van der Waals surface area (Å²) in [5, 5.41) is 0. The van der Waals surface area contributed by atoms with E-state index in [0.29, 0.717) is 18.1 Å². The molecule has 4 heterocycles. The summed E-state index contributed by atoms with van der Waals surface area (Å²) in [7, 11) is 0. The van der Waals surface area contributed by atoms with Crippen molar-refractivity contribution in [2.75, 3.05) is 26.2 Å². The number of fused-ring (bicyclic) bond motifs is 2. The van der Waals surface area contributed by atoms with Crippen LogP contribution in [0.3, 0.4) is 0 Å². The minimum atomic E-state index is 0.236. The molecule has 2 fully saturated rings. The van der Waals surface area contributed by atoms with Crippen LogP contribution in [0.15, 0.2) is 18.3 Å². The Balaban J connectivity index is 1.28. The van der Waals surface area contributed by atoms with E-state index >= 15 is 0 Å². The summed E-state index contributed by atoms with van der Waals surface area (Å²) in [6.07, 6.45) is 11.7. The van der Waals surface area contributed by atoms with Crippen LogP contribution < -0.4 is 5.73 Å². The van der Waals surface area contributed by atoms with Crippen LogP contribution in [-0.2, 0) is 12.0 Å². The van der Waals surface area contributed by atoms with Crippen molar-refractivity contribution in [3.8, 4) is 0 Å². The first-order valence-electron chi connectivity index (χ1n) is 11.9. The molecule has 3 aliphatic rings. The highest BCUT2D eigenvalue weighted by atomic mass is 15.2. The van der Waals surface area contributed by atoms with Crippen molar-refractivity contribution in [3.05, 3.63) is 24.0 Å². The van der Waals surface area contributed by atoms with Crippen LogP contribution in [0.5, 0.6) is 0 Å². The maximum Gasteiger partial charge on any atom is 0.0383 e. The second-order valence-corrected chi connectivity index (χ2v) is 10.2. The number of likely N-dealkylation sites (tertiary alicyclic amines) is 2. The lowest BCUT2D eigenvalue weighted by atomic mass is 9.72. The second-order valence-electron chi connectivity index (χ2n) is 10.2. The van der Waals surface area contributed by atoms with Crippen molar-refractivity contribution in [1.29, 1.82) is 0 Å². The Hall–Kier alpha value is -0.840. The van der Waals surface area contributed by atoms with Gasteiger partial charge >= 0.3 is 0 Å². The fourth-order valence-electron chi connectivity index (χ4n) is 6.40. The summed E-state index contributed by atoms with van der Waals surface area (Å²) in [5.74, 6) is 0.922. The maximum absolute atomic E-state index is 6.63. The molecule has 0 radical (unpaired) electrons. The van der Waals surface area contributed by atoms with E-state index in [1.54, 1.807) is 0 Å². The summed E-state index contributed by atoms with van der Waals surface area (Å²) in [6.45, 7) is 13.2. The number of nitrogens with zero attached hydrogens (tertiary/aromatic N) is 3. The van der Waals surface area contributed by atoms with Crippen molar-refractivity contribution in [1.82, 2.24) is 14.4 Å². The molecule has 0 aromatic carbocycles. The van der Waals surface area contributed by atoms with E-state index < -0.39 is 0 Å². The van der Waals surface area contributed by atoms with E-state index in [2.05, 4.69) is 53.5 Å². The van der Waals surface area contributed by atoms with Gasteiger partial charge < -0.3 is 20.1 Å². The Morgan fingerprint density at radius 2 is 1.71 bits per heavy atom. The van der Waals surface area contributed by atoms with E-state index in [4.69, 9.17) is 5.73 Å². The molecule has 2 atom stereocenters. The Morgan fingerprint density at radius 3 is 2.36 bits per heavy atom. The van der Waals surface area contributed by atoms with E-state index in [0.717, 1.165) is 12.5 Å². The van der Waals surface area contributed by atoms with E-state index in [1.165, 1.54) is 76.8 Å². The maximum atomic E-state index is 6.63. The lowest BCUT2D eigenvalue weighted by Crippen LogP contribution is -2.52. The lowest BCUT2D eigenvalue weighted by molar-refractivity contribution is 0.0943. The zero-order valence-electron chi connectivity index (χ0n) is 18.4. The third-order valence-electron chi connectivity index (χ3n) is 8.28. The molecule has 4 nitrogen and oxygen atoms in total. The van der Waals surface area contributed by atoms with Crippen LogP contribution in [-0.4, -0.2) is 58.7 Å². The van der Waals surface area contributed by atoms with Crippen molar-refractivity contribution in [2.45, 2.75) is 95.8 Å². The predicted octanol–water partition coefficient (Wildman–Crippen LogP) is 3.84. The molecular formula is C24H42N4. The summed E-state index contributed by atoms with van der Waals surface area (Å²) >= 11 is 0. The van der Waals surface area contributed by atoms with Gasteiger partial charge in [-0.15, -0.1) is 0 Å².